The highest BCUT2D eigenvalue weighted by Gasteiger charge is 2.19. The number of benzene rings is 3. The molecular formula is C18H12BClO2S. The van der Waals surface area contributed by atoms with Gasteiger partial charge in [-0.3, -0.25) is 0 Å². The van der Waals surface area contributed by atoms with Crippen LogP contribution in [0.5, 0.6) is 0 Å². The standard InChI is InChI=1S/C18H12BClO2S/c20-13-5-3-4-11(8-13)12-9-15-14-6-1-2-7-17(14)23-18(15)16(10-12)19(21)22/h1-10,21-22H. The zero-order valence-electron chi connectivity index (χ0n) is 12.0. The van der Waals surface area contributed by atoms with E-state index in [0.717, 1.165) is 31.3 Å². The molecule has 2 nitrogen and oxygen atoms in total. The first-order valence-electron chi connectivity index (χ1n) is 7.21. The van der Waals surface area contributed by atoms with E-state index in [-0.39, 0.29) is 0 Å². The van der Waals surface area contributed by atoms with Gasteiger partial charge in [-0.1, -0.05) is 48.0 Å². The Bertz CT molecular complexity index is 1030. The molecule has 23 heavy (non-hydrogen) atoms. The van der Waals surface area contributed by atoms with Crippen molar-refractivity contribution in [2.24, 2.45) is 0 Å². The predicted octanol–water partition coefficient (Wildman–Crippen LogP) is 4.05. The van der Waals surface area contributed by atoms with Crippen molar-refractivity contribution >= 4 is 55.7 Å². The van der Waals surface area contributed by atoms with E-state index < -0.39 is 7.12 Å². The van der Waals surface area contributed by atoms with Crippen LogP contribution in [0.15, 0.2) is 60.7 Å². The summed E-state index contributed by atoms with van der Waals surface area (Å²) < 4.78 is 2.04. The van der Waals surface area contributed by atoms with E-state index in [9.17, 15) is 10.0 Å². The number of halogens is 1. The molecule has 3 aromatic carbocycles. The number of hydrogen-bond donors (Lipinski definition) is 2. The Morgan fingerprint density at radius 2 is 1.65 bits per heavy atom. The molecule has 0 aliphatic heterocycles. The van der Waals surface area contributed by atoms with Gasteiger partial charge in [0.1, 0.15) is 0 Å². The molecular weight excluding hydrogens is 327 g/mol. The van der Waals surface area contributed by atoms with Crippen molar-refractivity contribution in [1.29, 1.82) is 0 Å². The molecule has 0 amide bonds. The van der Waals surface area contributed by atoms with E-state index in [1.54, 1.807) is 11.3 Å². The Morgan fingerprint density at radius 3 is 2.43 bits per heavy atom. The van der Waals surface area contributed by atoms with Gasteiger partial charge in [0.15, 0.2) is 0 Å². The first kappa shape index (κ1) is 14.7. The third-order valence-electron chi connectivity index (χ3n) is 3.94. The largest absolute Gasteiger partial charge is 0.489 e. The summed E-state index contributed by atoms with van der Waals surface area (Å²) in [4.78, 5) is 0. The summed E-state index contributed by atoms with van der Waals surface area (Å²) in [5.74, 6) is 0. The second-order valence-corrected chi connectivity index (χ2v) is 6.91. The van der Waals surface area contributed by atoms with Crippen LogP contribution in [0.2, 0.25) is 5.02 Å². The maximum Gasteiger partial charge on any atom is 0.489 e. The van der Waals surface area contributed by atoms with E-state index in [4.69, 9.17) is 11.6 Å². The molecule has 0 atom stereocenters. The van der Waals surface area contributed by atoms with Crippen molar-refractivity contribution in [2.45, 2.75) is 0 Å². The van der Waals surface area contributed by atoms with Crippen molar-refractivity contribution in [3.8, 4) is 11.1 Å². The Balaban J connectivity index is 2.08. The highest BCUT2D eigenvalue weighted by molar-refractivity contribution is 7.27. The Hall–Kier alpha value is -1.85. The maximum atomic E-state index is 9.81. The second kappa shape index (κ2) is 5.66. The Kier molecular flexibility index (Phi) is 3.62. The van der Waals surface area contributed by atoms with Gasteiger partial charge in [0, 0.05) is 30.7 Å². The van der Waals surface area contributed by atoms with Crippen LogP contribution in [0.1, 0.15) is 0 Å². The fraction of sp³-hybridized carbons (Fsp3) is 0. The van der Waals surface area contributed by atoms with Gasteiger partial charge in [-0.15, -0.1) is 11.3 Å². The molecule has 0 fully saturated rings. The van der Waals surface area contributed by atoms with E-state index in [0.29, 0.717) is 10.5 Å². The fourth-order valence-electron chi connectivity index (χ4n) is 2.88. The van der Waals surface area contributed by atoms with Gasteiger partial charge < -0.3 is 10.0 Å². The quantitative estimate of drug-likeness (QED) is 0.541. The van der Waals surface area contributed by atoms with Gasteiger partial charge >= 0.3 is 7.12 Å². The Labute approximate surface area is 142 Å². The van der Waals surface area contributed by atoms with Crippen LogP contribution in [0.25, 0.3) is 31.3 Å². The number of fused-ring (bicyclic) bond motifs is 3. The highest BCUT2D eigenvalue weighted by atomic mass is 35.5. The van der Waals surface area contributed by atoms with Crippen LogP contribution in [0.4, 0.5) is 0 Å². The van der Waals surface area contributed by atoms with E-state index >= 15 is 0 Å². The molecule has 0 unspecified atom stereocenters. The molecule has 0 radical (unpaired) electrons. The minimum atomic E-state index is -1.51. The summed E-state index contributed by atoms with van der Waals surface area (Å²) in [6, 6.07) is 19.6. The first-order chi connectivity index (χ1) is 11.1. The molecule has 0 aliphatic carbocycles. The normalized spacial score (nSPS) is 11.3. The molecule has 1 aromatic heterocycles. The van der Waals surface area contributed by atoms with Gasteiger partial charge in [-0.2, -0.15) is 0 Å². The average molecular weight is 339 g/mol. The summed E-state index contributed by atoms with van der Waals surface area (Å²) in [6.45, 7) is 0. The molecule has 2 N–H and O–H groups in total. The van der Waals surface area contributed by atoms with Crippen LogP contribution < -0.4 is 5.46 Å². The van der Waals surface area contributed by atoms with Gasteiger partial charge in [0.05, 0.1) is 0 Å². The predicted molar refractivity (Wildman–Crippen MR) is 99.6 cm³/mol. The summed E-state index contributed by atoms with van der Waals surface area (Å²) in [7, 11) is -1.51. The fourth-order valence-corrected chi connectivity index (χ4v) is 4.29. The molecule has 0 bridgehead atoms. The van der Waals surface area contributed by atoms with Gasteiger partial charge in [0.2, 0.25) is 0 Å². The topological polar surface area (TPSA) is 40.5 Å². The second-order valence-electron chi connectivity index (χ2n) is 5.42. The van der Waals surface area contributed by atoms with Crippen molar-refractivity contribution in [3.05, 3.63) is 65.7 Å². The van der Waals surface area contributed by atoms with Gasteiger partial charge in [-0.05, 0) is 35.4 Å². The third kappa shape index (κ3) is 2.54. The number of rotatable bonds is 2. The van der Waals surface area contributed by atoms with Crippen LogP contribution in [0, 0.1) is 0 Å². The summed E-state index contributed by atoms with van der Waals surface area (Å²) >= 11 is 7.67. The minimum Gasteiger partial charge on any atom is -0.423 e. The van der Waals surface area contributed by atoms with Crippen molar-refractivity contribution in [3.63, 3.8) is 0 Å². The third-order valence-corrected chi connectivity index (χ3v) is 5.41. The molecule has 4 aromatic rings. The molecule has 4 rings (SSSR count). The number of hydrogen-bond acceptors (Lipinski definition) is 3. The lowest BCUT2D eigenvalue weighted by molar-refractivity contribution is 0.426. The van der Waals surface area contributed by atoms with Gasteiger partial charge in [-0.25, -0.2) is 0 Å². The van der Waals surface area contributed by atoms with Crippen LogP contribution in [0.3, 0.4) is 0 Å². The summed E-state index contributed by atoms with van der Waals surface area (Å²) in [5, 5.41) is 22.4. The summed E-state index contributed by atoms with van der Waals surface area (Å²) in [5.41, 5.74) is 2.40. The molecule has 112 valence electrons. The van der Waals surface area contributed by atoms with Crippen LogP contribution in [-0.2, 0) is 0 Å². The SMILES string of the molecule is OB(O)c1cc(-c2cccc(Cl)c2)cc2c1sc1ccccc12. The minimum absolute atomic E-state index is 0.527. The van der Waals surface area contributed by atoms with Crippen LogP contribution >= 0.6 is 22.9 Å². The maximum absolute atomic E-state index is 9.81. The van der Waals surface area contributed by atoms with Crippen molar-refractivity contribution < 1.29 is 10.0 Å². The van der Waals surface area contributed by atoms with E-state index in [1.165, 1.54) is 0 Å². The smallest absolute Gasteiger partial charge is 0.423 e. The molecule has 5 heteroatoms. The highest BCUT2D eigenvalue weighted by Crippen LogP contribution is 2.35. The lowest BCUT2D eigenvalue weighted by atomic mass is 9.78. The molecule has 1 heterocycles. The number of thiophene rings is 1. The Morgan fingerprint density at radius 1 is 0.826 bits per heavy atom. The molecule has 0 saturated carbocycles. The first-order valence-corrected chi connectivity index (χ1v) is 8.40. The monoisotopic (exact) mass is 338 g/mol. The average Bonchev–Trinajstić information content (AvgIpc) is 2.92. The van der Waals surface area contributed by atoms with Crippen molar-refractivity contribution in [2.75, 3.05) is 0 Å². The van der Waals surface area contributed by atoms with E-state index in [1.807, 2.05) is 48.5 Å². The van der Waals surface area contributed by atoms with E-state index in [2.05, 4.69) is 12.1 Å². The lowest BCUT2D eigenvalue weighted by Gasteiger charge is -2.08. The van der Waals surface area contributed by atoms with Crippen molar-refractivity contribution in [1.82, 2.24) is 0 Å². The molecule has 0 saturated heterocycles. The lowest BCUT2D eigenvalue weighted by Crippen LogP contribution is -2.30. The molecule has 0 spiro atoms. The zero-order chi connectivity index (χ0) is 16.0. The summed E-state index contributed by atoms with van der Waals surface area (Å²) in [6.07, 6.45) is 0. The molecule has 0 aliphatic rings. The zero-order valence-corrected chi connectivity index (χ0v) is 13.6. The van der Waals surface area contributed by atoms with Gasteiger partial charge in [0.25, 0.3) is 0 Å². The van der Waals surface area contributed by atoms with Crippen LogP contribution in [-0.4, -0.2) is 17.2 Å².